The van der Waals surface area contributed by atoms with Crippen molar-refractivity contribution in [3.05, 3.63) is 22.2 Å². The van der Waals surface area contributed by atoms with Crippen molar-refractivity contribution < 1.29 is 9.84 Å². The van der Waals surface area contributed by atoms with Gasteiger partial charge < -0.3 is 15.6 Å². The zero-order valence-electron chi connectivity index (χ0n) is 9.29. The van der Waals surface area contributed by atoms with Gasteiger partial charge in [0.2, 0.25) is 0 Å². The van der Waals surface area contributed by atoms with Crippen LogP contribution in [0.25, 0.3) is 0 Å². The second kappa shape index (κ2) is 4.26. The van der Waals surface area contributed by atoms with E-state index in [4.69, 9.17) is 10.5 Å². The Labute approximate surface area is 104 Å². The normalized spacial score (nSPS) is 17.2. The summed E-state index contributed by atoms with van der Waals surface area (Å²) in [6.45, 7) is 0. The lowest BCUT2D eigenvalue weighted by Crippen LogP contribution is -2.22. The first-order valence-electron chi connectivity index (χ1n) is 5.39. The molecule has 0 atom stereocenters. The molecule has 0 radical (unpaired) electrons. The largest absolute Gasteiger partial charge is 0.506 e. The molecule has 0 saturated heterocycles. The van der Waals surface area contributed by atoms with Crippen LogP contribution in [0.15, 0.2) is 16.6 Å². The maximum atomic E-state index is 9.96. The number of rotatable bonds is 4. The summed E-state index contributed by atoms with van der Waals surface area (Å²) < 4.78 is 5.73. The fourth-order valence-electron chi connectivity index (χ4n) is 1.74. The van der Waals surface area contributed by atoms with E-state index in [-0.39, 0.29) is 11.3 Å². The van der Waals surface area contributed by atoms with E-state index >= 15 is 0 Å². The molecule has 1 saturated carbocycles. The van der Waals surface area contributed by atoms with Crippen molar-refractivity contribution in [1.82, 2.24) is 0 Å². The lowest BCUT2D eigenvalue weighted by atomic mass is 10.0. The SMILES string of the molecule is COc1ccc(CCC2(N)CC2)c(O)c1Br. The molecule has 16 heavy (non-hydrogen) atoms. The predicted molar refractivity (Wildman–Crippen MR) is 66.8 cm³/mol. The minimum absolute atomic E-state index is 0.0266. The van der Waals surface area contributed by atoms with Gasteiger partial charge in [-0.05, 0) is 53.2 Å². The topological polar surface area (TPSA) is 55.5 Å². The molecule has 0 bridgehead atoms. The summed E-state index contributed by atoms with van der Waals surface area (Å²) >= 11 is 3.32. The number of phenolic OH excluding ortho intramolecular Hbond substituents is 1. The highest BCUT2D eigenvalue weighted by Crippen LogP contribution is 2.40. The zero-order valence-corrected chi connectivity index (χ0v) is 10.9. The van der Waals surface area contributed by atoms with Gasteiger partial charge in [-0.3, -0.25) is 0 Å². The molecule has 0 aromatic heterocycles. The summed E-state index contributed by atoms with van der Waals surface area (Å²) in [5.74, 6) is 0.915. The van der Waals surface area contributed by atoms with E-state index < -0.39 is 0 Å². The second-order valence-electron chi connectivity index (χ2n) is 4.45. The fraction of sp³-hybridized carbons (Fsp3) is 0.500. The van der Waals surface area contributed by atoms with E-state index in [1.54, 1.807) is 7.11 Å². The predicted octanol–water partition coefficient (Wildman–Crippen LogP) is 2.59. The van der Waals surface area contributed by atoms with E-state index in [0.717, 1.165) is 31.2 Å². The van der Waals surface area contributed by atoms with Crippen molar-refractivity contribution in [2.45, 2.75) is 31.2 Å². The number of ether oxygens (including phenoxy) is 1. The number of benzene rings is 1. The Hall–Kier alpha value is -0.740. The van der Waals surface area contributed by atoms with Crippen molar-refractivity contribution >= 4 is 15.9 Å². The molecule has 1 aliphatic rings. The minimum Gasteiger partial charge on any atom is -0.506 e. The molecule has 2 rings (SSSR count). The van der Waals surface area contributed by atoms with E-state index in [2.05, 4.69) is 15.9 Å². The Morgan fingerprint density at radius 3 is 2.75 bits per heavy atom. The van der Waals surface area contributed by atoms with Crippen LogP contribution >= 0.6 is 15.9 Å². The van der Waals surface area contributed by atoms with E-state index in [1.807, 2.05) is 12.1 Å². The van der Waals surface area contributed by atoms with Crippen molar-refractivity contribution in [1.29, 1.82) is 0 Å². The third kappa shape index (κ3) is 2.33. The summed E-state index contributed by atoms with van der Waals surface area (Å²) in [6, 6.07) is 3.75. The molecule has 0 amide bonds. The standard InChI is InChI=1S/C12H16BrNO2/c1-16-9-3-2-8(11(15)10(9)13)4-5-12(14)6-7-12/h2-3,15H,4-7,14H2,1H3. The van der Waals surface area contributed by atoms with Crippen LogP contribution in [0.1, 0.15) is 24.8 Å². The van der Waals surface area contributed by atoms with Gasteiger partial charge in [0.15, 0.2) is 0 Å². The molecule has 0 unspecified atom stereocenters. The van der Waals surface area contributed by atoms with Crippen molar-refractivity contribution in [3.8, 4) is 11.5 Å². The number of phenols is 1. The van der Waals surface area contributed by atoms with Gasteiger partial charge in [0.25, 0.3) is 0 Å². The molecule has 1 aliphatic carbocycles. The first-order chi connectivity index (χ1) is 7.56. The number of hydrogen-bond acceptors (Lipinski definition) is 3. The molecule has 0 aliphatic heterocycles. The smallest absolute Gasteiger partial charge is 0.136 e. The minimum atomic E-state index is 0.0266. The summed E-state index contributed by atoms with van der Waals surface area (Å²) in [4.78, 5) is 0. The number of methoxy groups -OCH3 is 1. The van der Waals surface area contributed by atoms with Crippen molar-refractivity contribution in [3.63, 3.8) is 0 Å². The Bertz CT molecular complexity index is 402. The van der Waals surface area contributed by atoms with Crippen molar-refractivity contribution in [2.24, 2.45) is 5.73 Å². The Morgan fingerprint density at radius 2 is 2.19 bits per heavy atom. The first kappa shape index (κ1) is 11.7. The van der Waals surface area contributed by atoms with Crippen LogP contribution in [0.4, 0.5) is 0 Å². The first-order valence-corrected chi connectivity index (χ1v) is 6.18. The second-order valence-corrected chi connectivity index (χ2v) is 5.24. The Balaban J connectivity index is 2.12. The van der Waals surface area contributed by atoms with E-state index in [9.17, 15) is 5.11 Å². The molecule has 1 aromatic carbocycles. The van der Waals surface area contributed by atoms with Gasteiger partial charge in [0, 0.05) is 5.54 Å². The summed E-state index contributed by atoms with van der Waals surface area (Å²) in [6.07, 6.45) is 3.94. The quantitative estimate of drug-likeness (QED) is 0.894. The van der Waals surface area contributed by atoms with Gasteiger partial charge in [0.05, 0.1) is 7.11 Å². The molecule has 88 valence electrons. The maximum absolute atomic E-state index is 9.96. The molecule has 3 N–H and O–H groups in total. The van der Waals surface area contributed by atoms with Crippen LogP contribution < -0.4 is 10.5 Å². The molecule has 1 fully saturated rings. The number of aryl methyl sites for hydroxylation is 1. The van der Waals surface area contributed by atoms with Crippen LogP contribution in [-0.4, -0.2) is 17.8 Å². The van der Waals surface area contributed by atoms with Gasteiger partial charge in [-0.2, -0.15) is 0 Å². The zero-order chi connectivity index (χ0) is 11.8. The molecule has 4 heteroatoms. The highest BCUT2D eigenvalue weighted by molar-refractivity contribution is 9.10. The van der Waals surface area contributed by atoms with Gasteiger partial charge in [-0.15, -0.1) is 0 Å². The monoisotopic (exact) mass is 285 g/mol. The van der Waals surface area contributed by atoms with Crippen LogP contribution in [-0.2, 0) is 6.42 Å². The van der Waals surface area contributed by atoms with Crippen LogP contribution in [0.3, 0.4) is 0 Å². The van der Waals surface area contributed by atoms with Crippen LogP contribution in [0, 0.1) is 0 Å². The molecule has 0 spiro atoms. The molecular weight excluding hydrogens is 270 g/mol. The van der Waals surface area contributed by atoms with Gasteiger partial charge in [0.1, 0.15) is 16.0 Å². The van der Waals surface area contributed by atoms with Gasteiger partial charge >= 0.3 is 0 Å². The number of hydrogen-bond donors (Lipinski definition) is 2. The summed E-state index contributed by atoms with van der Waals surface area (Å²) in [7, 11) is 1.58. The molecule has 1 aromatic rings. The summed E-state index contributed by atoms with van der Waals surface area (Å²) in [5.41, 5.74) is 6.97. The van der Waals surface area contributed by atoms with E-state index in [1.165, 1.54) is 0 Å². The van der Waals surface area contributed by atoms with E-state index in [0.29, 0.717) is 10.2 Å². The summed E-state index contributed by atoms with van der Waals surface area (Å²) in [5, 5.41) is 9.96. The number of nitrogens with two attached hydrogens (primary N) is 1. The Kier molecular flexibility index (Phi) is 3.13. The third-order valence-electron chi connectivity index (χ3n) is 3.17. The third-order valence-corrected chi connectivity index (χ3v) is 3.94. The highest BCUT2D eigenvalue weighted by atomic mass is 79.9. The highest BCUT2D eigenvalue weighted by Gasteiger charge is 2.37. The maximum Gasteiger partial charge on any atom is 0.136 e. The average Bonchev–Trinajstić information content (AvgIpc) is 2.99. The average molecular weight is 286 g/mol. The van der Waals surface area contributed by atoms with Gasteiger partial charge in [-0.25, -0.2) is 0 Å². The molecular formula is C12H16BrNO2. The number of halogens is 1. The lowest BCUT2D eigenvalue weighted by Gasteiger charge is -2.12. The van der Waals surface area contributed by atoms with Crippen LogP contribution in [0.2, 0.25) is 0 Å². The van der Waals surface area contributed by atoms with Gasteiger partial charge in [-0.1, -0.05) is 6.07 Å². The number of aromatic hydroxyl groups is 1. The lowest BCUT2D eigenvalue weighted by molar-refractivity contribution is 0.401. The fourth-order valence-corrected chi connectivity index (χ4v) is 2.29. The van der Waals surface area contributed by atoms with Crippen molar-refractivity contribution in [2.75, 3.05) is 7.11 Å². The molecule has 0 heterocycles. The Morgan fingerprint density at radius 1 is 1.50 bits per heavy atom. The molecule has 3 nitrogen and oxygen atoms in total. The van der Waals surface area contributed by atoms with Crippen LogP contribution in [0.5, 0.6) is 11.5 Å².